The predicted octanol–water partition coefficient (Wildman–Crippen LogP) is 6.18. The van der Waals surface area contributed by atoms with Gasteiger partial charge >= 0.3 is 5.97 Å². The van der Waals surface area contributed by atoms with Gasteiger partial charge < -0.3 is 9.47 Å². The van der Waals surface area contributed by atoms with Crippen molar-refractivity contribution in [2.24, 2.45) is 17.3 Å². The monoisotopic (exact) mass is 522 g/mol. The van der Waals surface area contributed by atoms with Gasteiger partial charge in [0, 0.05) is 18.2 Å². The summed E-state index contributed by atoms with van der Waals surface area (Å²) < 4.78 is 41.0. The Labute approximate surface area is 182 Å². The molecule has 1 aromatic carbocycles. The van der Waals surface area contributed by atoms with E-state index in [-0.39, 0.29) is 42.0 Å². The first-order valence-electron chi connectivity index (χ1n) is 9.30. The van der Waals surface area contributed by atoms with E-state index in [0.717, 1.165) is 3.39 Å². The minimum Gasteiger partial charge on any atom is -0.461 e. The molecule has 1 aliphatic carbocycles. The number of allylic oxidation sites excluding steroid dienone is 1. The van der Waals surface area contributed by atoms with Crippen LogP contribution < -0.4 is 0 Å². The van der Waals surface area contributed by atoms with Crippen molar-refractivity contribution in [3.8, 4) is 0 Å². The van der Waals surface area contributed by atoms with Crippen LogP contribution >= 0.6 is 31.9 Å². The number of carbonyl (C=O) groups is 1. The molecule has 0 aliphatic heterocycles. The number of benzene rings is 1. The molecule has 28 heavy (non-hydrogen) atoms. The summed E-state index contributed by atoms with van der Waals surface area (Å²) in [6.07, 6.45) is 2.68. The summed E-state index contributed by atoms with van der Waals surface area (Å²) in [7, 11) is 1.40. The van der Waals surface area contributed by atoms with Gasteiger partial charge in [-0.15, -0.1) is 0 Å². The van der Waals surface area contributed by atoms with Gasteiger partial charge in [-0.25, -0.2) is 8.78 Å². The van der Waals surface area contributed by atoms with Gasteiger partial charge in [-0.1, -0.05) is 33.8 Å². The van der Waals surface area contributed by atoms with Gasteiger partial charge in [0.05, 0.1) is 15.9 Å². The number of methoxy groups -OCH3 is 1. The van der Waals surface area contributed by atoms with Gasteiger partial charge in [-0.3, -0.25) is 4.79 Å². The van der Waals surface area contributed by atoms with Crippen molar-refractivity contribution in [1.29, 1.82) is 0 Å². The Hall–Kier alpha value is -0.790. The molecule has 1 aliphatic rings. The lowest BCUT2D eigenvalue weighted by Gasteiger charge is -2.19. The molecular weight excluding hydrogens is 498 g/mol. The van der Waals surface area contributed by atoms with Crippen molar-refractivity contribution in [3.05, 3.63) is 43.4 Å². The molecule has 7 heteroatoms. The molecule has 1 fully saturated rings. The van der Waals surface area contributed by atoms with Gasteiger partial charge in [0.1, 0.15) is 18.2 Å². The highest BCUT2D eigenvalue weighted by molar-refractivity contribution is 9.28. The van der Waals surface area contributed by atoms with E-state index in [2.05, 4.69) is 31.9 Å². The average molecular weight is 524 g/mol. The number of esters is 1. The number of hydrogen-bond acceptors (Lipinski definition) is 3. The third kappa shape index (κ3) is 4.51. The first-order chi connectivity index (χ1) is 13.1. The van der Waals surface area contributed by atoms with Crippen LogP contribution in [0, 0.1) is 28.9 Å². The second-order valence-electron chi connectivity index (χ2n) is 7.57. The minimum atomic E-state index is -0.610. The topological polar surface area (TPSA) is 35.5 Å². The van der Waals surface area contributed by atoms with Crippen molar-refractivity contribution in [2.45, 2.75) is 53.8 Å². The Balaban J connectivity index is 2.29. The number of rotatable bonds is 8. The number of halogens is 4. The fourth-order valence-corrected chi connectivity index (χ4v) is 4.47. The van der Waals surface area contributed by atoms with E-state index in [1.807, 2.05) is 19.9 Å². The van der Waals surface area contributed by atoms with Crippen LogP contribution in [0.25, 0.3) is 0 Å². The summed E-state index contributed by atoms with van der Waals surface area (Å²) in [4.78, 5) is 12.6. The molecule has 0 bridgehead atoms. The molecule has 2 atom stereocenters. The van der Waals surface area contributed by atoms with Crippen molar-refractivity contribution in [2.75, 3.05) is 7.11 Å². The van der Waals surface area contributed by atoms with E-state index in [1.165, 1.54) is 7.11 Å². The van der Waals surface area contributed by atoms with Crippen molar-refractivity contribution in [3.63, 3.8) is 0 Å². The summed E-state index contributed by atoms with van der Waals surface area (Å²) in [5.74, 6) is -1.81. The molecule has 1 aromatic rings. The molecule has 1 saturated carbocycles. The quantitative estimate of drug-likeness (QED) is 0.381. The van der Waals surface area contributed by atoms with Gasteiger partial charge in [0.2, 0.25) is 0 Å². The minimum absolute atomic E-state index is 0.0441. The molecule has 0 aromatic heterocycles. The normalized spacial score (nSPS) is 20.0. The molecule has 2 rings (SSSR count). The zero-order chi connectivity index (χ0) is 21.2. The zero-order valence-corrected chi connectivity index (χ0v) is 20.0. The van der Waals surface area contributed by atoms with E-state index < -0.39 is 11.6 Å². The molecule has 0 saturated heterocycles. The van der Waals surface area contributed by atoms with Gasteiger partial charge in [0.15, 0.2) is 0 Å². The first-order valence-corrected chi connectivity index (χ1v) is 10.9. The maximum absolute atomic E-state index is 14.8. The third-order valence-corrected chi connectivity index (χ3v) is 6.14. The van der Waals surface area contributed by atoms with Crippen LogP contribution in [-0.4, -0.2) is 13.1 Å². The molecule has 0 heterocycles. The molecule has 0 amide bonds. The van der Waals surface area contributed by atoms with E-state index in [1.54, 1.807) is 13.8 Å². The summed E-state index contributed by atoms with van der Waals surface area (Å²) in [5.41, 5.74) is 0.909. The Bertz CT molecular complexity index is 755. The zero-order valence-electron chi connectivity index (χ0n) is 16.8. The van der Waals surface area contributed by atoms with Crippen LogP contribution in [-0.2, 0) is 40.3 Å². The highest BCUT2D eigenvalue weighted by Crippen LogP contribution is 2.60. The second-order valence-corrected chi connectivity index (χ2v) is 10.3. The molecule has 0 spiro atoms. The fourth-order valence-electron chi connectivity index (χ4n) is 3.90. The summed E-state index contributed by atoms with van der Waals surface area (Å²) in [6, 6.07) is 0. The highest BCUT2D eigenvalue weighted by Gasteiger charge is 2.61. The Morgan fingerprint density at radius 3 is 2.00 bits per heavy atom. The Morgan fingerprint density at radius 1 is 1.04 bits per heavy atom. The van der Waals surface area contributed by atoms with Crippen LogP contribution in [0.15, 0.2) is 9.47 Å². The standard InChI is InChI=1S/C21H26Br2F2O3/c1-6-11-13(12(7-2)19(25)14(9-27-5)18(11)24)10-28-20(26)17-15(8-16(22)23)21(17,3)4/h8,15,17H,6-7,9-10H2,1-5H3/t15-,17-/m0/s1. The summed E-state index contributed by atoms with van der Waals surface area (Å²) in [5, 5.41) is 0. The summed E-state index contributed by atoms with van der Waals surface area (Å²) in [6.45, 7) is 7.33. The van der Waals surface area contributed by atoms with E-state index in [9.17, 15) is 13.6 Å². The summed E-state index contributed by atoms with van der Waals surface area (Å²) >= 11 is 6.65. The Morgan fingerprint density at radius 2 is 1.57 bits per heavy atom. The van der Waals surface area contributed by atoms with Crippen LogP contribution in [0.2, 0.25) is 0 Å². The van der Waals surface area contributed by atoms with E-state index >= 15 is 0 Å². The lowest BCUT2D eigenvalue weighted by molar-refractivity contribution is -0.147. The van der Waals surface area contributed by atoms with Gasteiger partial charge in [-0.05, 0) is 67.2 Å². The lowest BCUT2D eigenvalue weighted by Crippen LogP contribution is -2.16. The second kappa shape index (κ2) is 9.35. The molecule has 3 nitrogen and oxygen atoms in total. The van der Waals surface area contributed by atoms with Crippen LogP contribution in [0.4, 0.5) is 8.78 Å². The fraction of sp³-hybridized carbons (Fsp3) is 0.571. The smallest absolute Gasteiger partial charge is 0.310 e. The first kappa shape index (κ1) is 23.5. The highest BCUT2D eigenvalue weighted by atomic mass is 79.9. The van der Waals surface area contributed by atoms with Crippen LogP contribution in [0.5, 0.6) is 0 Å². The largest absolute Gasteiger partial charge is 0.461 e. The predicted molar refractivity (Wildman–Crippen MR) is 112 cm³/mol. The maximum atomic E-state index is 14.8. The molecule has 0 unspecified atom stereocenters. The number of ether oxygens (including phenoxy) is 2. The number of carbonyl (C=O) groups excluding carboxylic acids is 1. The molecular formula is C21H26Br2F2O3. The lowest BCUT2D eigenvalue weighted by atomic mass is 9.93. The number of hydrogen-bond donors (Lipinski definition) is 0. The third-order valence-electron chi connectivity index (χ3n) is 5.61. The van der Waals surface area contributed by atoms with Crippen molar-refractivity contribution in [1.82, 2.24) is 0 Å². The van der Waals surface area contributed by atoms with Crippen molar-refractivity contribution >= 4 is 37.8 Å². The van der Waals surface area contributed by atoms with E-state index in [0.29, 0.717) is 29.5 Å². The maximum Gasteiger partial charge on any atom is 0.310 e. The van der Waals surface area contributed by atoms with Crippen LogP contribution in [0.3, 0.4) is 0 Å². The molecule has 156 valence electrons. The van der Waals surface area contributed by atoms with E-state index in [4.69, 9.17) is 9.47 Å². The van der Waals surface area contributed by atoms with Crippen molar-refractivity contribution < 1.29 is 23.0 Å². The molecule has 0 N–H and O–H groups in total. The van der Waals surface area contributed by atoms with Gasteiger partial charge in [-0.2, -0.15) is 0 Å². The van der Waals surface area contributed by atoms with Gasteiger partial charge in [0.25, 0.3) is 0 Å². The van der Waals surface area contributed by atoms with Crippen LogP contribution in [0.1, 0.15) is 49.9 Å². The molecule has 0 radical (unpaired) electrons. The Kier molecular flexibility index (Phi) is 7.84. The SMILES string of the molecule is CCc1c(F)c(COC)c(F)c(CC)c1COC(=O)[C@@H]1[C@H](C=C(Br)Br)C1(C)C. The average Bonchev–Trinajstić information content (AvgIpc) is 3.15.